The van der Waals surface area contributed by atoms with E-state index in [9.17, 15) is 8.76 Å². The highest BCUT2D eigenvalue weighted by atomic mass is 32.2. The van der Waals surface area contributed by atoms with Gasteiger partial charge < -0.3 is 4.55 Å². The molecule has 0 spiro atoms. The molecule has 0 aromatic rings. The lowest BCUT2D eigenvalue weighted by Gasteiger charge is -2.03. The molecule has 0 saturated carbocycles. The zero-order chi connectivity index (χ0) is 7.98. The summed E-state index contributed by atoms with van der Waals surface area (Å²) in [5, 5.41) is 0. The molecule has 0 heterocycles. The Morgan fingerprint density at radius 2 is 2.30 bits per heavy atom. The normalized spacial score (nSPS) is 15.6. The Balaban J connectivity index is 4.25. The molecule has 0 fully saturated rings. The number of hydrogen-bond acceptors (Lipinski definition) is 2. The molecule has 0 aromatic heterocycles. The van der Waals surface area contributed by atoms with Crippen molar-refractivity contribution in [3.63, 3.8) is 0 Å². The third kappa shape index (κ3) is 3.37. The lowest BCUT2D eigenvalue weighted by atomic mass is 10.4. The molecule has 2 nitrogen and oxygen atoms in total. The van der Waals surface area contributed by atoms with Gasteiger partial charge in [0.15, 0.2) is 0 Å². The number of rotatable bonds is 3. The van der Waals surface area contributed by atoms with Crippen molar-refractivity contribution in [1.82, 2.24) is 0 Å². The molecule has 0 aliphatic carbocycles. The first-order valence-corrected chi connectivity index (χ1v) is 3.84. The SMILES string of the molecule is C=C/C=C\C(=C/C)S(=O)[O-]. The van der Waals surface area contributed by atoms with Gasteiger partial charge in [0.1, 0.15) is 0 Å². The van der Waals surface area contributed by atoms with E-state index < -0.39 is 11.1 Å². The minimum absolute atomic E-state index is 0.278. The van der Waals surface area contributed by atoms with Gasteiger partial charge in [-0.25, -0.2) is 0 Å². The highest BCUT2D eigenvalue weighted by Gasteiger charge is 1.85. The quantitative estimate of drug-likeness (QED) is 0.460. The molecule has 0 aliphatic rings. The summed E-state index contributed by atoms with van der Waals surface area (Å²) in [6, 6.07) is 0. The second kappa shape index (κ2) is 5.14. The summed E-state index contributed by atoms with van der Waals surface area (Å²) in [7, 11) is 0. The van der Waals surface area contributed by atoms with Crippen LogP contribution in [-0.2, 0) is 11.1 Å². The Hall–Kier alpha value is -0.670. The Labute approximate surface area is 63.2 Å². The summed E-state index contributed by atoms with van der Waals surface area (Å²) in [4.78, 5) is 0.278. The average Bonchev–Trinajstić information content (AvgIpc) is 1.89. The van der Waals surface area contributed by atoms with Gasteiger partial charge in [-0.3, -0.25) is 4.21 Å². The van der Waals surface area contributed by atoms with E-state index >= 15 is 0 Å². The Morgan fingerprint density at radius 1 is 1.70 bits per heavy atom. The van der Waals surface area contributed by atoms with Crippen LogP contribution in [0, 0.1) is 0 Å². The summed E-state index contributed by atoms with van der Waals surface area (Å²) in [6.45, 7) is 5.08. The number of allylic oxidation sites excluding steroid dienone is 4. The molecular formula is C7H9O2S-. The monoisotopic (exact) mass is 157 g/mol. The summed E-state index contributed by atoms with van der Waals surface area (Å²) >= 11 is -2.13. The first-order valence-electron chi connectivity index (χ1n) is 2.77. The average molecular weight is 157 g/mol. The smallest absolute Gasteiger partial charge is 0.0206 e. The van der Waals surface area contributed by atoms with Crippen LogP contribution in [0.25, 0.3) is 0 Å². The molecule has 0 aromatic carbocycles. The molecule has 3 heteroatoms. The predicted molar refractivity (Wildman–Crippen MR) is 42.0 cm³/mol. The minimum Gasteiger partial charge on any atom is -0.768 e. The Morgan fingerprint density at radius 3 is 2.60 bits per heavy atom. The molecular weight excluding hydrogens is 148 g/mol. The van der Waals surface area contributed by atoms with Crippen LogP contribution >= 0.6 is 0 Å². The van der Waals surface area contributed by atoms with E-state index in [-0.39, 0.29) is 4.91 Å². The van der Waals surface area contributed by atoms with E-state index in [0.29, 0.717) is 0 Å². The van der Waals surface area contributed by atoms with Gasteiger partial charge in [0, 0.05) is 4.91 Å². The van der Waals surface area contributed by atoms with Crippen LogP contribution in [0.4, 0.5) is 0 Å². The second-order valence-corrected chi connectivity index (χ2v) is 2.46. The fraction of sp³-hybridized carbons (Fsp3) is 0.143. The van der Waals surface area contributed by atoms with Crippen LogP contribution < -0.4 is 0 Å². The summed E-state index contributed by atoms with van der Waals surface area (Å²) in [5.41, 5.74) is 0. The molecule has 1 atom stereocenters. The summed E-state index contributed by atoms with van der Waals surface area (Å²) in [6.07, 6.45) is 6.10. The van der Waals surface area contributed by atoms with E-state index in [2.05, 4.69) is 6.58 Å². The second-order valence-electron chi connectivity index (χ2n) is 1.52. The van der Waals surface area contributed by atoms with Crippen LogP contribution in [-0.4, -0.2) is 8.76 Å². The van der Waals surface area contributed by atoms with E-state index in [1.807, 2.05) is 0 Å². The maximum atomic E-state index is 10.3. The molecule has 1 unspecified atom stereocenters. The molecule has 10 heavy (non-hydrogen) atoms. The van der Waals surface area contributed by atoms with Crippen LogP contribution in [0.2, 0.25) is 0 Å². The minimum atomic E-state index is -2.13. The standard InChI is InChI=1S/C7H10O2S/c1-3-5-6-7(4-2)10(8)9/h3-6H,1H2,2H3,(H,8,9)/p-1/b6-5-,7-4+. The van der Waals surface area contributed by atoms with E-state index in [4.69, 9.17) is 0 Å². The first-order chi connectivity index (χ1) is 4.72. The van der Waals surface area contributed by atoms with Crippen molar-refractivity contribution in [3.05, 3.63) is 35.8 Å². The highest BCUT2D eigenvalue weighted by molar-refractivity contribution is 7.83. The largest absolute Gasteiger partial charge is 0.768 e. The molecule has 0 bridgehead atoms. The Kier molecular flexibility index (Phi) is 4.80. The predicted octanol–water partition coefficient (Wildman–Crippen LogP) is 1.51. The van der Waals surface area contributed by atoms with Crippen molar-refractivity contribution in [3.8, 4) is 0 Å². The van der Waals surface area contributed by atoms with E-state index in [1.165, 1.54) is 18.2 Å². The van der Waals surface area contributed by atoms with Gasteiger partial charge in [0.25, 0.3) is 0 Å². The van der Waals surface area contributed by atoms with Crippen LogP contribution in [0.3, 0.4) is 0 Å². The van der Waals surface area contributed by atoms with Crippen molar-refractivity contribution in [1.29, 1.82) is 0 Å². The first kappa shape index (κ1) is 9.33. The lowest BCUT2D eigenvalue weighted by Crippen LogP contribution is -1.87. The van der Waals surface area contributed by atoms with Gasteiger partial charge in [0.2, 0.25) is 0 Å². The Bertz CT molecular complexity index is 192. The van der Waals surface area contributed by atoms with Crippen molar-refractivity contribution in [2.45, 2.75) is 6.92 Å². The van der Waals surface area contributed by atoms with Crippen LogP contribution in [0.1, 0.15) is 6.92 Å². The molecule has 0 rings (SSSR count). The molecule has 0 amide bonds. The number of hydrogen-bond donors (Lipinski definition) is 0. The van der Waals surface area contributed by atoms with Crippen molar-refractivity contribution < 1.29 is 8.76 Å². The van der Waals surface area contributed by atoms with Crippen LogP contribution in [0.5, 0.6) is 0 Å². The lowest BCUT2D eigenvalue weighted by molar-refractivity contribution is 0.544. The molecule has 56 valence electrons. The van der Waals surface area contributed by atoms with Gasteiger partial charge in [-0.1, -0.05) is 24.8 Å². The fourth-order valence-electron chi connectivity index (χ4n) is 0.411. The summed E-state index contributed by atoms with van der Waals surface area (Å²) in [5.74, 6) is 0. The fourth-order valence-corrected chi connectivity index (χ4v) is 0.793. The topological polar surface area (TPSA) is 40.1 Å². The molecule has 0 saturated heterocycles. The van der Waals surface area contributed by atoms with Crippen LogP contribution in [0.15, 0.2) is 35.8 Å². The van der Waals surface area contributed by atoms with E-state index in [0.717, 1.165) is 0 Å². The van der Waals surface area contributed by atoms with Gasteiger partial charge >= 0.3 is 0 Å². The van der Waals surface area contributed by atoms with Crippen molar-refractivity contribution in [2.75, 3.05) is 0 Å². The molecule has 0 aliphatic heterocycles. The third-order valence-corrected chi connectivity index (χ3v) is 1.63. The summed E-state index contributed by atoms with van der Waals surface area (Å²) < 4.78 is 20.6. The third-order valence-electron chi connectivity index (χ3n) is 0.874. The van der Waals surface area contributed by atoms with E-state index in [1.54, 1.807) is 13.0 Å². The van der Waals surface area contributed by atoms with Gasteiger partial charge in [-0.15, -0.1) is 0 Å². The van der Waals surface area contributed by atoms with Gasteiger partial charge in [0.05, 0.1) is 0 Å². The zero-order valence-electron chi connectivity index (χ0n) is 5.74. The highest BCUT2D eigenvalue weighted by Crippen LogP contribution is 1.99. The van der Waals surface area contributed by atoms with Gasteiger partial charge in [-0.05, 0) is 24.1 Å². The van der Waals surface area contributed by atoms with Crippen molar-refractivity contribution in [2.24, 2.45) is 0 Å². The van der Waals surface area contributed by atoms with Gasteiger partial charge in [-0.2, -0.15) is 0 Å². The maximum Gasteiger partial charge on any atom is 0.0206 e. The zero-order valence-corrected chi connectivity index (χ0v) is 6.56. The van der Waals surface area contributed by atoms with Crippen molar-refractivity contribution >= 4 is 11.1 Å². The molecule has 0 radical (unpaired) electrons. The maximum absolute atomic E-state index is 10.3. The molecule has 0 N–H and O–H groups in total.